The van der Waals surface area contributed by atoms with Crippen molar-refractivity contribution >= 4 is 39.3 Å². The highest BCUT2D eigenvalue weighted by Gasteiger charge is 2.39. The lowest BCUT2D eigenvalue weighted by atomic mass is 9.97. The SMILES string of the molecule is Cc1ccccc1-c1ccc2c3ccccc3n(-c3cccc4c3C(=O)N(c3cc(-c5ccccc5)cc(-c5ccccc5)c3)C4=O)c2c1. The second-order valence-corrected chi connectivity index (χ2v) is 12.5. The molecule has 8 aromatic rings. The maximum atomic E-state index is 14.7. The van der Waals surface area contributed by atoms with Crippen molar-refractivity contribution in [3.63, 3.8) is 0 Å². The average Bonchev–Trinajstić information content (AvgIpc) is 3.62. The molecule has 0 saturated carbocycles. The van der Waals surface area contributed by atoms with Crippen LogP contribution < -0.4 is 4.90 Å². The van der Waals surface area contributed by atoms with Gasteiger partial charge in [0.2, 0.25) is 0 Å². The van der Waals surface area contributed by atoms with E-state index in [0.717, 1.165) is 55.2 Å². The van der Waals surface area contributed by atoms with Crippen LogP contribution >= 0.6 is 0 Å². The van der Waals surface area contributed by atoms with Crippen LogP contribution in [-0.2, 0) is 0 Å². The van der Waals surface area contributed by atoms with Gasteiger partial charge in [-0.15, -0.1) is 0 Å². The summed E-state index contributed by atoms with van der Waals surface area (Å²) < 4.78 is 2.15. The Labute approximate surface area is 284 Å². The molecule has 0 atom stereocenters. The molecule has 7 aromatic carbocycles. The van der Waals surface area contributed by atoms with Gasteiger partial charge in [-0.25, -0.2) is 4.90 Å². The van der Waals surface area contributed by atoms with Crippen LogP contribution in [0.5, 0.6) is 0 Å². The van der Waals surface area contributed by atoms with Gasteiger partial charge in [0.05, 0.1) is 33.5 Å². The highest BCUT2D eigenvalue weighted by Crippen LogP contribution is 2.41. The minimum atomic E-state index is -0.333. The van der Waals surface area contributed by atoms with Gasteiger partial charge in [-0.3, -0.25) is 9.59 Å². The molecule has 0 bridgehead atoms. The van der Waals surface area contributed by atoms with E-state index in [1.165, 1.54) is 10.5 Å². The van der Waals surface area contributed by atoms with Gasteiger partial charge in [0.25, 0.3) is 11.8 Å². The Morgan fingerprint density at radius 1 is 0.429 bits per heavy atom. The average molecular weight is 631 g/mol. The molecule has 1 aliphatic heterocycles. The molecule has 0 radical (unpaired) electrons. The number of hydrogen-bond acceptors (Lipinski definition) is 2. The quantitative estimate of drug-likeness (QED) is 0.178. The zero-order chi connectivity index (χ0) is 33.1. The number of para-hydroxylation sites is 1. The maximum Gasteiger partial charge on any atom is 0.268 e. The molecular formula is C45H30N2O2. The van der Waals surface area contributed by atoms with E-state index in [0.29, 0.717) is 22.5 Å². The molecule has 1 aromatic heterocycles. The van der Waals surface area contributed by atoms with Gasteiger partial charge in [-0.05, 0) is 88.3 Å². The van der Waals surface area contributed by atoms with Crippen molar-refractivity contribution < 1.29 is 9.59 Å². The van der Waals surface area contributed by atoms with Crippen molar-refractivity contribution in [2.24, 2.45) is 0 Å². The number of benzene rings is 7. The molecule has 9 rings (SSSR count). The highest BCUT2D eigenvalue weighted by molar-refractivity contribution is 6.36. The Balaban J connectivity index is 1.24. The standard InChI is InChI=1S/C45H30N2O2/c1-29-13-8-9-18-36(29)32-23-24-38-37-19-10-11-21-40(37)47(42(38)28-32)41-22-12-20-39-43(41)45(49)46(44(39)48)35-26-33(30-14-4-2-5-15-30)25-34(27-35)31-16-6-3-7-17-31/h2-28H,1H3. The van der Waals surface area contributed by atoms with Gasteiger partial charge in [0.1, 0.15) is 0 Å². The van der Waals surface area contributed by atoms with E-state index in [2.05, 4.69) is 66.1 Å². The van der Waals surface area contributed by atoms with Crippen molar-refractivity contribution in [1.82, 2.24) is 4.57 Å². The lowest BCUT2D eigenvalue weighted by Gasteiger charge is -2.18. The molecular weight excluding hydrogens is 601 g/mol. The largest absolute Gasteiger partial charge is 0.308 e. The van der Waals surface area contributed by atoms with Gasteiger partial charge in [-0.1, -0.05) is 121 Å². The monoisotopic (exact) mass is 630 g/mol. The first-order chi connectivity index (χ1) is 24.1. The number of carbonyl (C=O) groups excluding carboxylic acids is 2. The van der Waals surface area contributed by atoms with Gasteiger partial charge < -0.3 is 4.57 Å². The number of nitrogens with zero attached hydrogens (tertiary/aromatic N) is 2. The predicted octanol–water partition coefficient (Wildman–Crippen LogP) is 10.9. The number of hydrogen-bond donors (Lipinski definition) is 0. The Hall–Kier alpha value is -6.52. The van der Waals surface area contributed by atoms with E-state index in [1.807, 2.05) is 103 Å². The summed E-state index contributed by atoms with van der Waals surface area (Å²) in [4.78, 5) is 30.4. The van der Waals surface area contributed by atoms with E-state index in [9.17, 15) is 9.59 Å². The van der Waals surface area contributed by atoms with Crippen LogP contribution in [0, 0.1) is 6.92 Å². The van der Waals surface area contributed by atoms with Crippen molar-refractivity contribution in [1.29, 1.82) is 0 Å². The molecule has 2 heterocycles. The van der Waals surface area contributed by atoms with Gasteiger partial charge in [-0.2, -0.15) is 0 Å². The van der Waals surface area contributed by atoms with Crippen molar-refractivity contribution in [3.05, 3.63) is 180 Å². The zero-order valence-electron chi connectivity index (χ0n) is 26.8. The molecule has 0 aliphatic carbocycles. The van der Waals surface area contributed by atoms with Crippen LogP contribution in [0.2, 0.25) is 0 Å². The number of amides is 2. The summed E-state index contributed by atoms with van der Waals surface area (Å²) in [6, 6.07) is 54.9. The van der Waals surface area contributed by atoms with Crippen LogP contribution in [0.4, 0.5) is 5.69 Å². The van der Waals surface area contributed by atoms with E-state index >= 15 is 0 Å². The smallest absolute Gasteiger partial charge is 0.268 e. The molecule has 232 valence electrons. The van der Waals surface area contributed by atoms with Gasteiger partial charge >= 0.3 is 0 Å². The lowest BCUT2D eigenvalue weighted by Crippen LogP contribution is -2.29. The summed E-state index contributed by atoms with van der Waals surface area (Å²) in [5.41, 5.74) is 11.3. The highest BCUT2D eigenvalue weighted by atomic mass is 16.2. The van der Waals surface area contributed by atoms with E-state index in [4.69, 9.17) is 0 Å². The summed E-state index contributed by atoms with van der Waals surface area (Å²) in [7, 11) is 0. The molecule has 0 N–H and O–H groups in total. The van der Waals surface area contributed by atoms with Crippen LogP contribution in [0.1, 0.15) is 26.3 Å². The molecule has 2 amide bonds. The number of imide groups is 1. The van der Waals surface area contributed by atoms with Gasteiger partial charge in [0, 0.05) is 10.8 Å². The number of aromatic nitrogens is 1. The fourth-order valence-corrected chi connectivity index (χ4v) is 7.32. The minimum absolute atomic E-state index is 0.326. The maximum absolute atomic E-state index is 14.7. The third kappa shape index (κ3) is 4.61. The topological polar surface area (TPSA) is 42.3 Å². The second kappa shape index (κ2) is 11.3. The molecule has 1 aliphatic rings. The van der Waals surface area contributed by atoms with Crippen LogP contribution in [-0.4, -0.2) is 16.4 Å². The van der Waals surface area contributed by atoms with E-state index in [-0.39, 0.29) is 11.8 Å². The molecule has 49 heavy (non-hydrogen) atoms. The summed E-state index contributed by atoms with van der Waals surface area (Å²) in [5, 5.41) is 2.17. The molecule has 4 heteroatoms. The lowest BCUT2D eigenvalue weighted by molar-refractivity contribution is 0.0926. The number of anilines is 1. The normalized spacial score (nSPS) is 12.6. The number of aryl methyl sites for hydroxylation is 1. The second-order valence-electron chi connectivity index (χ2n) is 12.5. The summed E-state index contributed by atoms with van der Waals surface area (Å²) in [6.45, 7) is 2.12. The molecule has 0 spiro atoms. The molecule has 4 nitrogen and oxygen atoms in total. The fourth-order valence-electron chi connectivity index (χ4n) is 7.32. The Kier molecular flexibility index (Phi) is 6.63. The molecule has 0 saturated heterocycles. The first kappa shape index (κ1) is 28.7. The Morgan fingerprint density at radius 3 is 1.76 bits per heavy atom. The summed E-state index contributed by atoms with van der Waals surface area (Å²) in [5.74, 6) is -0.659. The van der Waals surface area contributed by atoms with E-state index < -0.39 is 0 Å². The summed E-state index contributed by atoms with van der Waals surface area (Å²) in [6.07, 6.45) is 0. The fraction of sp³-hybridized carbons (Fsp3) is 0.0222. The first-order valence-corrected chi connectivity index (χ1v) is 16.4. The van der Waals surface area contributed by atoms with Crippen LogP contribution in [0.3, 0.4) is 0 Å². The van der Waals surface area contributed by atoms with Crippen molar-refractivity contribution in [3.8, 4) is 39.1 Å². The van der Waals surface area contributed by atoms with E-state index in [1.54, 1.807) is 6.07 Å². The number of rotatable bonds is 5. The van der Waals surface area contributed by atoms with Crippen LogP contribution in [0.25, 0.3) is 60.9 Å². The third-order valence-corrected chi connectivity index (χ3v) is 9.65. The minimum Gasteiger partial charge on any atom is -0.308 e. The number of carbonyl (C=O) groups is 2. The van der Waals surface area contributed by atoms with Crippen LogP contribution in [0.15, 0.2) is 164 Å². The van der Waals surface area contributed by atoms with Crippen molar-refractivity contribution in [2.75, 3.05) is 4.90 Å². The molecule has 0 unspecified atom stereocenters. The number of fused-ring (bicyclic) bond motifs is 4. The Bertz CT molecular complexity index is 2540. The molecule has 0 fully saturated rings. The van der Waals surface area contributed by atoms with Gasteiger partial charge in [0.15, 0.2) is 0 Å². The first-order valence-electron chi connectivity index (χ1n) is 16.4. The zero-order valence-corrected chi connectivity index (χ0v) is 26.8. The Morgan fingerprint density at radius 2 is 1.04 bits per heavy atom. The van der Waals surface area contributed by atoms with Crippen molar-refractivity contribution in [2.45, 2.75) is 6.92 Å². The predicted molar refractivity (Wildman–Crippen MR) is 199 cm³/mol. The third-order valence-electron chi connectivity index (χ3n) is 9.65. The summed E-state index contributed by atoms with van der Waals surface area (Å²) >= 11 is 0.